The molecular weight excluding hydrogens is 254 g/mol. The van der Waals surface area contributed by atoms with Gasteiger partial charge in [-0.15, -0.1) is 0 Å². The van der Waals surface area contributed by atoms with Crippen molar-refractivity contribution >= 4 is 15.9 Å². The molecule has 1 heterocycles. The fraction of sp³-hybridized carbons (Fsp3) is 0.444. The molecule has 78 valence electrons. The van der Waals surface area contributed by atoms with Gasteiger partial charge in [-0.05, 0) is 40.9 Å². The second-order valence-electron chi connectivity index (χ2n) is 3.44. The SMILES string of the molecule is CC(N)(Cc1cccnc1Br)C(F)F. The molecule has 0 spiro atoms. The lowest BCUT2D eigenvalue weighted by atomic mass is 9.95. The molecule has 0 saturated carbocycles. The van der Waals surface area contributed by atoms with Crippen molar-refractivity contribution in [1.29, 1.82) is 0 Å². The molecule has 0 saturated heterocycles. The van der Waals surface area contributed by atoms with Gasteiger partial charge in [0.2, 0.25) is 0 Å². The van der Waals surface area contributed by atoms with E-state index < -0.39 is 12.0 Å². The molecule has 0 fully saturated rings. The zero-order valence-electron chi connectivity index (χ0n) is 7.67. The van der Waals surface area contributed by atoms with Crippen LogP contribution < -0.4 is 5.73 Å². The normalized spacial score (nSPS) is 15.6. The van der Waals surface area contributed by atoms with Gasteiger partial charge in [0.25, 0.3) is 6.43 Å². The molecule has 5 heteroatoms. The molecule has 1 aromatic rings. The molecule has 2 N–H and O–H groups in total. The molecule has 0 aliphatic rings. The van der Waals surface area contributed by atoms with Crippen LogP contribution in [0.3, 0.4) is 0 Å². The summed E-state index contributed by atoms with van der Waals surface area (Å²) in [5.74, 6) is 0. The maximum Gasteiger partial charge on any atom is 0.256 e. The van der Waals surface area contributed by atoms with Gasteiger partial charge >= 0.3 is 0 Å². The molecule has 0 amide bonds. The van der Waals surface area contributed by atoms with E-state index in [2.05, 4.69) is 20.9 Å². The van der Waals surface area contributed by atoms with E-state index in [1.807, 2.05) is 0 Å². The van der Waals surface area contributed by atoms with E-state index in [1.54, 1.807) is 18.3 Å². The maximum atomic E-state index is 12.5. The number of rotatable bonds is 3. The Labute approximate surface area is 89.6 Å². The lowest BCUT2D eigenvalue weighted by molar-refractivity contribution is 0.0638. The summed E-state index contributed by atoms with van der Waals surface area (Å²) < 4.78 is 25.5. The van der Waals surface area contributed by atoms with Crippen molar-refractivity contribution in [3.05, 3.63) is 28.5 Å². The van der Waals surface area contributed by atoms with Gasteiger partial charge in [0, 0.05) is 6.20 Å². The summed E-state index contributed by atoms with van der Waals surface area (Å²) >= 11 is 3.19. The third kappa shape index (κ3) is 2.72. The quantitative estimate of drug-likeness (QED) is 0.852. The Morgan fingerprint density at radius 3 is 2.79 bits per heavy atom. The van der Waals surface area contributed by atoms with Gasteiger partial charge in [-0.2, -0.15) is 0 Å². The molecule has 1 aromatic heterocycles. The van der Waals surface area contributed by atoms with Crippen molar-refractivity contribution in [2.75, 3.05) is 0 Å². The molecule has 0 aromatic carbocycles. The fourth-order valence-electron chi connectivity index (χ4n) is 1.04. The topological polar surface area (TPSA) is 38.9 Å². The summed E-state index contributed by atoms with van der Waals surface area (Å²) in [6.45, 7) is 1.33. The van der Waals surface area contributed by atoms with E-state index in [9.17, 15) is 8.78 Å². The smallest absolute Gasteiger partial charge is 0.256 e. The zero-order chi connectivity index (χ0) is 10.8. The third-order valence-corrected chi connectivity index (χ3v) is 2.62. The first-order chi connectivity index (χ1) is 6.43. The number of nitrogens with zero attached hydrogens (tertiary/aromatic N) is 1. The Balaban J connectivity index is 2.84. The second kappa shape index (κ2) is 4.31. The standard InChI is InChI=1S/C9H11BrF2N2/c1-9(13,8(11)12)5-6-3-2-4-14-7(6)10/h2-4,8H,5,13H2,1H3. The van der Waals surface area contributed by atoms with Gasteiger partial charge in [0.05, 0.1) is 5.54 Å². The van der Waals surface area contributed by atoms with Crippen LogP contribution in [0.2, 0.25) is 0 Å². The van der Waals surface area contributed by atoms with E-state index in [-0.39, 0.29) is 6.42 Å². The third-order valence-electron chi connectivity index (χ3n) is 1.91. The average Bonchev–Trinajstić information content (AvgIpc) is 2.08. The average molecular weight is 265 g/mol. The van der Waals surface area contributed by atoms with Crippen LogP contribution in [0.25, 0.3) is 0 Å². The van der Waals surface area contributed by atoms with Gasteiger partial charge in [-0.3, -0.25) is 0 Å². The van der Waals surface area contributed by atoms with Gasteiger partial charge in [0.15, 0.2) is 0 Å². The van der Waals surface area contributed by atoms with Crippen LogP contribution in [-0.4, -0.2) is 16.9 Å². The number of hydrogen-bond donors (Lipinski definition) is 1. The molecule has 1 unspecified atom stereocenters. The van der Waals surface area contributed by atoms with Crippen LogP contribution in [-0.2, 0) is 6.42 Å². The highest BCUT2D eigenvalue weighted by atomic mass is 79.9. The van der Waals surface area contributed by atoms with Crippen LogP contribution in [0.5, 0.6) is 0 Å². The molecule has 1 rings (SSSR count). The van der Waals surface area contributed by atoms with E-state index in [1.165, 1.54) is 6.92 Å². The Morgan fingerprint density at radius 1 is 1.64 bits per heavy atom. The molecule has 2 nitrogen and oxygen atoms in total. The summed E-state index contributed by atoms with van der Waals surface area (Å²) in [6, 6.07) is 3.42. The zero-order valence-corrected chi connectivity index (χ0v) is 9.26. The number of nitrogens with two attached hydrogens (primary N) is 1. The van der Waals surface area contributed by atoms with Crippen LogP contribution in [0.4, 0.5) is 8.78 Å². The van der Waals surface area contributed by atoms with E-state index >= 15 is 0 Å². The van der Waals surface area contributed by atoms with Crippen LogP contribution in [0.1, 0.15) is 12.5 Å². The minimum absolute atomic E-state index is 0.0963. The monoisotopic (exact) mass is 264 g/mol. The van der Waals surface area contributed by atoms with E-state index in [0.29, 0.717) is 10.2 Å². The summed E-state index contributed by atoms with van der Waals surface area (Å²) in [5, 5.41) is 0. The molecule has 0 radical (unpaired) electrons. The summed E-state index contributed by atoms with van der Waals surface area (Å²) in [7, 11) is 0. The van der Waals surface area contributed by atoms with Gasteiger partial charge in [0.1, 0.15) is 4.60 Å². The molecule has 0 bridgehead atoms. The Bertz CT molecular complexity index is 315. The predicted molar refractivity (Wildman–Crippen MR) is 54.2 cm³/mol. The first kappa shape index (κ1) is 11.5. The van der Waals surface area contributed by atoms with Crippen LogP contribution in [0, 0.1) is 0 Å². The van der Waals surface area contributed by atoms with E-state index in [0.717, 1.165) is 0 Å². The fourth-order valence-corrected chi connectivity index (χ4v) is 1.43. The van der Waals surface area contributed by atoms with Crippen molar-refractivity contribution < 1.29 is 8.78 Å². The molecule has 0 aliphatic heterocycles. The Hall–Kier alpha value is -0.550. The Morgan fingerprint density at radius 2 is 2.29 bits per heavy atom. The number of pyridine rings is 1. The van der Waals surface area contributed by atoms with Gasteiger partial charge in [-0.25, -0.2) is 13.8 Å². The minimum atomic E-state index is -2.55. The maximum absolute atomic E-state index is 12.5. The first-order valence-electron chi connectivity index (χ1n) is 4.10. The largest absolute Gasteiger partial charge is 0.320 e. The summed E-state index contributed by atoms with van der Waals surface area (Å²) in [5.41, 5.74) is 4.65. The number of aromatic nitrogens is 1. The van der Waals surface area contributed by atoms with Gasteiger partial charge in [-0.1, -0.05) is 6.07 Å². The van der Waals surface area contributed by atoms with Crippen molar-refractivity contribution in [3.63, 3.8) is 0 Å². The minimum Gasteiger partial charge on any atom is -0.320 e. The van der Waals surface area contributed by atoms with Gasteiger partial charge < -0.3 is 5.73 Å². The highest BCUT2D eigenvalue weighted by Crippen LogP contribution is 2.22. The highest BCUT2D eigenvalue weighted by Gasteiger charge is 2.31. The second-order valence-corrected chi connectivity index (χ2v) is 4.19. The number of alkyl halides is 2. The van der Waals surface area contributed by atoms with Crippen LogP contribution in [0.15, 0.2) is 22.9 Å². The summed E-state index contributed by atoms with van der Waals surface area (Å²) in [6.07, 6.45) is -0.863. The van der Waals surface area contributed by atoms with E-state index in [4.69, 9.17) is 5.73 Å². The van der Waals surface area contributed by atoms with Crippen molar-refractivity contribution in [3.8, 4) is 0 Å². The van der Waals surface area contributed by atoms with Crippen LogP contribution >= 0.6 is 15.9 Å². The lowest BCUT2D eigenvalue weighted by Crippen LogP contribution is -2.45. The predicted octanol–water partition coefficient (Wildman–Crippen LogP) is 2.37. The highest BCUT2D eigenvalue weighted by molar-refractivity contribution is 9.10. The number of hydrogen-bond acceptors (Lipinski definition) is 2. The summed E-state index contributed by atoms with van der Waals surface area (Å²) in [4.78, 5) is 3.94. The lowest BCUT2D eigenvalue weighted by Gasteiger charge is -2.23. The number of halogens is 3. The molecular formula is C9H11BrF2N2. The van der Waals surface area contributed by atoms with Crippen molar-refractivity contribution in [1.82, 2.24) is 4.98 Å². The molecule has 0 aliphatic carbocycles. The Kier molecular flexibility index (Phi) is 3.55. The molecule has 1 atom stereocenters. The molecule has 14 heavy (non-hydrogen) atoms. The van der Waals surface area contributed by atoms with Crippen molar-refractivity contribution in [2.24, 2.45) is 5.73 Å². The van der Waals surface area contributed by atoms with Crippen molar-refractivity contribution in [2.45, 2.75) is 25.3 Å². The first-order valence-corrected chi connectivity index (χ1v) is 4.89.